The van der Waals surface area contributed by atoms with Crippen LogP contribution in [-0.2, 0) is 4.79 Å². The Labute approximate surface area is 130 Å². The van der Waals surface area contributed by atoms with E-state index in [4.69, 9.17) is 16.7 Å². The number of aromatic nitrogens is 1. The van der Waals surface area contributed by atoms with E-state index < -0.39 is 5.97 Å². The maximum absolute atomic E-state index is 11.9. The van der Waals surface area contributed by atoms with Gasteiger partial charge in [0.1, 0.15) is 0 Å². The van der Waals surface area contributed by atoms with Gasteiger partial charge in [-0.1, -0.05) is 23.7 Å². The van der Waals surface area contributed by atoms with Crippen molar-refractivity contribution in [3.8, 4) is 0 Å². The summed E-state index contributed by atoms with van der Waals surface area (Å²) in [7, 11) is 0. The number of nitrogens with zero attached hydrogens (tertiary/aromatic N) is 1. The van der Waals surface area contributed by atoms with Crippen LogP contribution in [0, 0.1) is 0 Å². The Morgan fingerprint density at radius 2 is 2.00 bits per heavy atom. The van der Waals surface area contributed by atoms with Crippen LogP contribution in [0.15, 0.2) is 47.5 Å². The van der Waals surface area contributed by atoms with Crippen molar-refractivity contribution in [1.29, 1.82) is 0 Å². The first-order valence-electron chi connectivity index (χ1n) is 5.93. The molecule has 108 valence electrons. The van der Waals surface area contributed by atoms with Crippen LogP contribution >= 0.6 is 23.4 Å². The van der Waals surface area contributed by atoms with E-state index in [9.17, 15) is 9.59 Å². The van der Waals surface area contributed by atoms with E-state index >= 15 is 0 Å². The highest BCUT2D eigenvalue weighted by Gasteiger charge is 2.13. The smallest absolute Gasteiger partial charge is 0.356 e. The van der Waals surface area contributed by atoms with Gasteiger partial charge in [0.05, 0.1) is 16.5 Å². The summed E-state index contributed by atoms with van der Waals surface area (Å²) in [4.78, 5) is 27.4. The van der Waals surface area contributed by atoms with Crippen molar-refractivity contribution < 1.29 is 14.7 Å². The van der Waals surface area contributed by atoms with Crippen LogP contribution in [0.25, 0.3) is 0 Å². The number of hydrogen-bond donors (Lipinski definition) is 2. The van der Waals surface area contributed by atoms with Crippen LogP contribution in [0.4, 0.5) is 5.69 Å². The van der Waals surface area contributed by atoms with E-state index in [1.54, 1.807) is 18.2 Å². The molecule has 0 fully saturated rings. The zero-order valence-electron chi connectivity index (χ0n) is 10.7. The Balaban J connectivity index is 2.00. The number of benzene rings is 1. The SMILES string of the molecule is O=C(CSc1ccccc1Cl)Nc1cccnc1C(=O)O. The number of aromatic carboxylic acids is 1. The number of carbonyl (C=O) groups excluding carboxylic acids is 1. The lowest BCUT2D eigenvalue weighted by molar-refractivity contribution is -0.113. The monoisotopic (exact) mass is 322 g/mol. The first-order valence-corrected chi connectivity index (χ1v) is 7.30. The van der Waals surface area contributed by atoms with Crippen molar-refractivity contribution in [2.75, 3.05) is 11.1 Å². The Hall–Kier alpha value is -2.05. The molecule has 0 spiro atoms. The molecule has 2 aromatic rings. The number of anilines is 1. The summed E-state index contributed by atoms with van der Waals surface area (Å²) in [6, 6.07) is 10.2. The molecule has 0 saturated heterocycles. The average Bonchev–Trinajstić information content (AvgIpc) is 2.47. The molecule has 21 heavy (non-hydrogen) atoms. The highest BCUT2D eigenvalue weighted by atomic mass is 35.5. The van der Waals surface area contributed by atoms with E-state index in [0.717, 1.165) is 4.90 Å². The van der Waals surface area contributed by atoms with E-state index in [2.05, 4.69) is 10.3 Å². The molecular weight excluding hydrogens is 312 g/mol. The number of nitrogens with one attached hydrogen (secondary N) is 1. The van der Waals surface area contributed by atoms with E-state index in [1.165, 1.54) is 24.0 Å². The normalized spacial score (nSPS) is 10.1. The van der Waals surface area contributed by atoms with E-state index in [1.807, 2.05) is 12.1 Å². The molecule has 0 bridgehead atoms. The molecule has 1 heterocycles. The number of halogens is 1. The third-order valence-electron chi connectivity index (χ3n) is 2.48. The number of thioether (sulfide) groups is 1. The molecule has 2 rings (SSSR count). The number of pyridine rings is 1. The lowest BCUT2D eigenvalue weighted by atomic mass is 10.3. The molecule has 0 radical (unpaired) electrons. The van der Waals surface area contributed by atoms with Crippen LogP contribution in [0.1, 0.15) is 10.5 Å². The number of carboxylic acids is 1. The Morgan fingerprint density at radius 3 is 2.71 bits per heavy atom. The van der Waals surface area contributed by atoms with Crippen LogP contribution in [0.5, 0.6) is 0 Å². The van der Waals surface area contributed by atoms with Crippen molar-refractivity contribution in [1.82, 2.24) is 4.98 Å². The van der Waals surface area contributed by atoms with Gasteiger partial charge in [-0.3, -0.25) is 4.79 Å². The third kappa shape index (κ3) is 4.21. The summed E-state index contributed by atoms with van der Waals surface area (Å²) in [5.74, 6) is -1.39. The van der Waals surface area contributed by atoms with Gasteiger partial charge in [0.15, 0.2) is 5.69 Å². The zero-order valence-corrected chi connectivity index (χ0v) is 12.3. The van der Waals surface area contributed by atoms with Gasteiger partial charge < -0.3 is 10.4 Å². The molecule has 1 amide bonds. The fraction of sp³-hybridized carbons (Fsp3) is 0.0714. The zero-order chi connectivity index (χ0) is 15.2. The van der Waals surface area contributed by atoms with Gasteiger partial charge >= 0.3 is 5.97 Å². The summed E-state index contributed by atoms with van der Waals surface area (Å²) in [6.45, 7) is 0. The Bertz CT molecular complexity index is 679. The second-order valence-electron chi connectivity index (χ2n) is 3.97. The molecule has 0 saturated carbocycles. The maximum Gasteiger partial charge on any atom is 0.356 e. The summed E-state index contributed by atoms with van der Waals surface area (Å²) >= 11 is 7.27. The minimum atomic E-state index is -1.19. The molecule has 7 heteroatoms. The average molecular weight is 323 g/mol. The van der Waals surface area contributed by atoms with Crippen LogP contribution < -0.4 is 5.32 Å². The van der Waals surface area contributed by atoms with Gasteiger partial charge in [-0.2, -0.15) is 0 Å². The number of rotatable bonds is 5. The highest BCUT2D eigenvalue weighted by Crippen LogP contribution is 2.26. The van der Waals surface area contributed by atoms with Gasteiger partial charge in [0.25, 0.3) is 0 Å². The number of carbonyl (C=O) groups is 2. The van der Waals surface area contributed by atoms with Crippen LogP contribution in [-0.4, -0.2) is 27.7 Å². The molecular formula is C14H11ClN2O3S. The van der Waals surface area contributed by atoms with Crippen molar-refractivity contribution in [2.45, 2.75) is 4.90 Å². The van der Waals surface area contributed by atoms with Crippen molar-refractivity contribution in [3.05, 3.63) is 53.3 Å². The predicted molar refractivity (Wildman–Crippen MR) is 82.0 cm³/mol. The quantitative estimate of drug-likeness (QED) is 0.827. The predicted octanol–water partition coefficient (Wildman–Crippen LogP) is 3.16. The Morgan fingerprint density at radius 1 is 1.24 bits per heavy atom. The molecule has 0 atom stereocenters. The van der Waals surface area contributed by atoms with Crippen LogP contribution in [0.3, 0.4) is 0 Å². The minimum Gasteiger partial charge on any atom is -0.476 e. The van der Waals surface area contributed by atoms with Gasteiger partial charge in [-0.15, -0.1) is 11.8 Å². The first-order chi connectivity index (χ1) is 10.1. The second kappa shape index (κ2) is 7.10. The maximum atomic E-state index is 11.9. The largest absolute Gasteiger partial charge is 0.476 e. The van der Waals surface area contributed by atoms with E-state index in [0.29, 0.717) is 5.02 Å². The molecule has 0 aliphatic carbocycles. The number of carboxylic acid groups (broad SMARTS) is 1. The summed E-state index contributed by atoms with van der Waals surface area (Å²) in [5, 5.41) is 12.1. The number of hydrogen-bond acceptors (Lipinski definition) is 4. The summed E-state index contributed by atoms with van der Waals surface area (Å²) in [6.07, 6.45) is 1.36. The lowest BCUT2D eigenvalue weighted by Gasteiger charge is -2.07. The summed E-state index contributed by atoms with van der Waals surface area (Å²) < 4.78 is 0. The lowest BCUT2D eigenvalue weighted by Crippen LogP contribution is -2.17. The van der Waals surface area contributed by atoms with E-state index in [-0.39, 0.29) is 23.0 Å². The highest BCUT2D eigenvalue weighted by molar-refractivity contribution is 8.00. The fourth-order valence-corrected chi connectivity index (χ4v) is 2.61. The third-order valence-corrected chi connectivity index (χ3v) is 3.99. The fourth-order valence-electron chi connectivity index (χ4n) is 1.57. The standard InChI is InChI=1S/C14H11ClN2O3S/c15-9-4-1-2-6-11(9)21-8-12(18)17-10-5-3-7-16-13(10)14(19)20/h1-7H,8H2,(H,17,18)(H,19,20). The molecule has 0 aliphatic heterocycles. The topological polar surface area (TPSA) is 79.3 Å². The van der Waals surface area contributed by atoms with Gasteiger partial charge in [-0.25, -0.2) is 9.78 Å². The first kappa shape index (κ1) is 15.3. The number of amides is 1. The molecule has 2 N–H and O–H groups in total. The summed E-state index contributed by atoms with van der Waals surface area (Å²) in [5.41, 5.74) is -0.0108. The van der Waals surface area contributed by atoms with Crippen molar-refractivity contribution in [3.63, 3.8) is 0 Å². The van der Waals surface area contributed by atoms with Crippen molar-refractivity contribution >= 4 is 40.9 Å². The van der Waals surface area contributed by atoms with Crippen LogP contribution in [0.2, 0.25) is 5.02 Å². The molecule has 0 aliphatic rings. The molecule has 0 unspecified atom stereocenters. The van der Waals surface area contributed by atoms with Gasteiger partial charge in [0, 0.05) is 11.1 Å². The van der Waals surface area contributed by atoms with Crippen molar-refractivity contribution in [2.24, 2.45) is 0 Å². The molecule has 1 aromatic carbocycles. The second-order valence-corrected chi connectivity index (χ2v) is 5.40. The minimum absolute atomic E-state index is 0.123. The molecule has 5 nitrogen and oxygen atoms in total. The molecule has 1 aromatic heterocycles. The van der Waals surface area contributed by atoms with Gasteiger partial charge in [0.2, 0.25) is 5.91 Å². The van der Waals surface area contributed by atoms with Gasteiger partial charge in [-0.05, 0) is 24.3 Å². The Kier molecular flexibility index (Phi) is 5.19.